The van der Waals surface area contributed by atoms with Crippen LogP contribution >= 0.6 is 43.2 Å². The molecule has 1 N–H and O–H groups in total. The zero-order valence-corrected chi connectivity index (χ0v) is 16.0. The first-order chi connectivity index (χ1) is 8.81. The van der Waals surface area contributed by atoms with Crippen LogP contribution in [0, 0.1) is 12.8 Å². The molecule has 0 radical (unpaired) electrons. The molecular formula is C12H19Br2NO2S2. The second-order valence-corrected chi connectivity index (χ2v) is 9.96. The highest BCUT2D eigenvalue weighted by Crippen LogP contribution is 2.29. The van der Waals surface area contributed by atoms with E-state index in [1.165, 1.54) is 11.3 Å². The van der Waals surface area contributed by atoms with Crippen LogP contribution in [0.25, 0.3) is 0 Å². The van der Waals surface area contributed by atoms with Crippen LogP contribution in [0.3, 0.4) is 0 Å². The molecule has 1 rings (SSSR count). The standard InChI is InChI=1S/C12H19Br2NO2S2/c1-4-9(5-2)10(13)7-15-19(16,17)11-6-12(14)18-8(11)3/h6,9-10,15H,4-5,7H2,1-3H3. The van der Waals surface area contributed by atoms with Gasteiger partial charge in [0, 0.05) is 16.2 Å². The maximum atomic E-state index is 12.2. The van der Waals surface area contributed by atoms with Crippen molar-refractivity contribution in [3.63, 3.8) is 0 Å². The quantitative estimate of drug-likeness (QED) is 0.653. The molecule has 1 unspecified atom stereocenters. The number of aryl methyl sites for hydroxylation is 1. The molecule has 1 aromatic heterocycles. The third-order valence-electron chi connectivity index (χ3n) is 3.16. The summed E-state index contributed by atoms with van der Waals surface area (Å²) < 4.78 is 28.0. The number of hydrogen-bond acceptors (Lipinski definition) is 3. The van der Waals surface area contributed by atoms with E-state index in [1.807, 2.05) is 6.92 Å². The van der Waals surface area contributed by atoms with Gasteiger partial charge in [0.2, 0.25) is 10.0 Å². The van der Waals surface area contributed by atoms with E-state index in [9.17, 15) is 8.42 Å². The molecule has 1 aromatic rings. The Labute approximate surface area is 136 Å². The third kappa shape index (κ3) is 4.81. The van der Waals surface area contributed by atoms with E-state index >= 15 is 0 Å². The highest BCUT2D eigenvalue weighted by Gasteiger charge is 2.22. The van der Waals surface area contributed by atoms with Crippen molar-refractivity contribution < 1.29 is 8.42 Å². The van der Waals surface area contributed by atoms with Crippen LogP contribution in [0.5, 0.6) is 0 Å². The summed E-state index contributed by atoms with van der Waals surface area (Å²) in [7, 11) is -3.41. The molecule has 3 nitrogen and oxygen atoms in total. The van der Waals surface area contributed by atoms with Gasteiger partial charge in [0.15, 0.2) is 0 Å². The molecule has 0 saturated carbocycles. The van der Waals surface area contributed by atoms with Crippen LogP contribution in [0.15, 0.2) is 14.7 Å². The fourth-order valence-corrected chi connectivity index (χ4v) is 6.53. The van der Waals surface area contributed by atoms with Gasteiger partial charge in [-0.1, -0.05) is 42.6 Å². The van der Waals surface area contributed by atoms with Gasteiger partial charge in [-0.25, -0.2) is 13.1 Å². The van der Waals surface area contributed by atoms with Crippen molar-refractivity contribution in [1.82, 2.24) is 4.72 Å². The number of thiophene rings is 1. The van der Waals surface area contributed by atoms with Gasteiger partial charge < -0.3 is 0 Å². The lowest BCUT2D eigenvalue weighted by atomic mass is 10.00. The summed E-state index contributed by atoms with van der Waals surface area (Å²) in [5.41, 5.74) is 0. The lowest BCUT2D eigenvalue weighted by molar-refractivity contribution is 0.471. The molecule has 7 heteroatoms. The second-order valence-electron chi connectivity index (χ2n) is 4.42. The smallest absolute Gasteiger partial charge is 0.210 e. The van der Waals surface area contributed by atoms with E-state index in [2.05, 4.69) is 50.4 Å². The Morgan fingerprint density at radius 3 is 2.37 bits per heavy atom. The number of rotatable bonds is 7. The fourth-order valence-electron chi connectivity index (χ4n) is 1.93. The van der Waals surface area contributed by atoms with E-state index in [1.54, 1.807) is 6.07 Å². The van der Waals surface area contributed by atoms with Crippen molar-refractivity contribution in [3.05, 3.63) is 14.7 Å². The average molecular weight is 433 g/mol. The Bertz CT molecular complexity index is 510. The van der Waals surface area contributed by atoms with E-state index in [0.717, 1.165) is 21.5 Å². The number of hydrogen-bond donors (Lipinski definition) is 1. The molecule has 110 valence electrons. The third-order valence-corrected chi connectivity index (χ3v) is 7.46. The summed E-state index contributed by atoms with van der Waals surface area (Å²) in [4.78, 5) is 1.33. The molecule has 19 heavy (non-hydrogen) atoms. The zero-order valence-electron chi connectivity index (χ0n) is 11.2. The Morgan fingerprint density at radius 2 is 1.95 bits per heavy atom. The minimum atomic E-state index is -3.41. The molecule has 0 aliphatic carbocycles. The number of nitrogens with one attached hydrogen (secondary N) is 1. The van der Waals surface area contributed by atoms with Gasteiger partial charge in [-0.05, 0) is 34.8 Å². The lowest BCUT2D eigenvalue weighted by Gasteiger charge is -2.19. The zero-order chi connectivity index (χ0) is 14.6. The van der Waals surface area contributed by atoms with Gasteiger partial charge in [-0.3, -0.25) is 0 Å². The molecule has 1 atom stereocenters. The Kier molecular flexibility index (Phi) is 6.99. The SMILES string of the molecule is CCC(CC)C(Br)CNS(=O)(=O)c1cc(Br)sc1C. The van der Waals surface area contributed by atoms with Crippen LogP contribution < -0.4 is 4.72 Å². The summed E-state index contributed by atoms with van der Waals surface area (Å²) in [6.45, 7) is 6.48. The van der Waals surface area contributed by atoms with Crippen LogP contribution in [0.2, 0.25) is 0 Å². The Morgan fingerprint density at radius 1 is 1.37 bits per heavy atom. The van der Waals surface area contributed by atoms with Gasteiger partial charge in [-0.15, -0.1) is 11.3 Å². The molecule has 0 amide bonds. The summed E-state index contributed by atoms with van der Waals surface area (Å²) in [6.07, 6.45) is 2.08. The molecule has 0 saturated heterocycles. The van der Waals surface area contributed by atoms with E-state index in [0.29, 0.717) is 17.4 Å². The van der Waals surface area contributed by atoms with Crippen molar-refractivity contribution in [2.75, 3.05) is 6.54 Å². The lowest BCUT2D eigenvalue weighted by Crippen LogP contribution is -2.33. The first-order valence-corrected chi connectivity index (χ1v) is 10.2. The molecule has 0 aliphatic rings. The summed E-state index contributed by atoms with van der Waals surface area (Å²) in [5, 5.41) is 0. The van der Waals surface area contributed by atoms with Gasteiger partial charge in [0.25, 0.3) is 0 Å². The highest BCUT2D eigenvalue weighted by molar-refractivity contribution is 9.11. The largest absolute Gasteiger partial charge is 0.241 e. The maximum Gasteiger partial charge on any atom is 0.241 e. The van der Waals surface area contributed by atoms with Gasteiger partial charge >= 0.3 is 0 Å². The van der Waals surface area contributed by atoms with Crippen molar-refractivity contribution in [2.24, 2.45) is 5.92 Å². The topological polar surface area (TPSA) is 46.2 Å². The number of alkyl halides is 1. The molecule has 0 fully saturated rings. The van der Waals surface area contributed by atoms with Crippen molar-refractivity contribution >= 4 is 53.2 Å². The molecule has 0 aliphatic heterocycles. The minimum absolute atomic E-state index is 0.166. The normalized spacial score (nSPS) is 14.0. The molecular weight excluding hydrogens is 414 g/mol. The highest BCUT2D eigenvalue weighted by atomic mass is 79.9. The molecule has 0 aromatic carbocycles. The molecule has 0 spiro atoms. The summed E-state index contributed by atoms with van der Waals surface area (Å²) >= 11 is 8.33. The van der Waals surface area contributed by atoms with Crippen molar-refractivity contribution in [1.29, 1.82) is 0 Å². The summed E-state index contributed by atoms with van der Waals surface area (Å²) in [6, 6.07) is 1.66. The summed E-state index contributed by atoms with van der Waals surface area (Å²) in [5.74, 6) is 0.484. The minimum Gasteiger partial charge on any atom is -0.210 e. The van der Waals surface area contributed by atoms with E-state index in [-0.39, 0.29) is 4.83 Å². The van der Waals surface area contributed by atoms with Crippen LogP contribution in [0.4, 0.5) is 0 Å². The molecule has 1 heterocycles. The van der Waals surface area contributed by atoms with E-state index in [4.69, 9.17) is 0 Å². The van der Waals surface area contributed by atoms with Crippen LogP contribution in [0.1, 0.15) is 31.6 Å². The Balaban J connectivity index is 2.74. The van der Waals surface area contributed by atoms with Crippen molar-refractivity contribution in [2.45, 2.75) is 43.3 Å². The molecule has 0 bridgehead atoms. The average Bonchev–Trinajstić information content (AvgIpc) is 2.68. The van der Waals surface area contributed by atoms with Gasteiger partial charge in [0.05, 0.1) is 8.68 Å². The first kappa shape index (κ1) is 17.6. The van der Waals surface area contributed by atoms with E-state index < -0.39 is 10.0 Å². The van der Waals surface area contributed by atoms with Crippen molar-refractivity contribution in [3.8, 4) is 0 Å². The van der Waals surface area contributed by atoms with Gasteiger partial charge in [0.1, 0.15) is 0 Å². The number of sulfonamides is 1. The van der Waals surface area contributed by atoms with Gasteiger partial charge in [-0.2, -0.15) is 0 Å². The number of halogens is 2. The predicted molar refractivity (Wildman–Crippen MR) is 88.7 cm³/mol. The first-order valence-electron chi connectivity index (χ1n) is 6.21. The monoisotopic (exact) mass is 431 g/mol. The maximum absolute atomic E-state index is 12.2. The fraction of sp³-hybridized carbons (Fsp3) is 0.667. The predicted octanol–water partition coefficient (Wildman–Crippen LogP) is 4.30. The Hall–Kier alpha value is 0.570. The second kappa shape index (κ2) is 7.54. The van der Waals surface area contributed by atoms with Crippen LogP contribution in [-0.4, -0.2) is 19.8 Å². The van der Waals surface area contributed by atoms with Crippen LogP contribution in [-0.2, 0) is 10.0 Å².